The highest BCUT2D eigenvalue weighted by Crippen LogP contribution is 2.28. The molecule has 0 unspecified atom stereocenters. The summed E-state index contributed by atoms with van der Waals surface area (Å²) in [5, 5.41) is 12.0. The molecule has 0 aromatic heterocycles. The molecule has 5 heteroatoms. The first kappa shape index (κ1) is 16.3. The van der Waals surface area contributed by atoms with Crippen LogP contribution in [-0.2, 0) is 24.1 Å². The van der Waals surface area contributed by atoms with E-state index in [1.807, 2.05) is 20.8 Å². The number of hydrogen-bond donors (Lipinski definition) is 2. The minimum absolute atomic E-state index is 0.358. The summed E-state index contributed by atoms with van der Waals surface area (Å²) in [5.41, 5.74) is 2.82. The van der Waals surface area contributed by atoms with Crippen molar-refractivity contribution >= 4 is 12.1 Å². The first-order chi connectivity index (χ1) is 10.3. The number of carboxylic acid groups (broad SMARTS) is 1. The molecule has 22 heavy (non-hydrogen) atoms. The Morgan fingerprint density at radius 2 is 1.82 bits per heavy atom. The maximum absolute atomic E-state index is 11.7. The van der Waals surface area contributed by atoms with E-state index in [2.05, 4.69) is 5.32 Å². The number of carbonyl (C=O) groups excluding carboxylic acids is 1. The summed E-state index contributed by atoms with van der Waals surface area (Å²) in [4.78, 5) is 23.1. The zero-order valence-electron chi connectivity index (χ0n) is 13.4. The molecular formula is C17H23NO4. The van der Waals surface area contributed by atoms with Gasteiger partial charge < -0.3 is 15.2 Å². The summed E-state index contributed by atoms with van der Waals surface area (Å²) < 4.78 is 5.22. The highest BCUT2D eigenvalue weighted by atomic mass is 16.6. The molecule has 0 atom stereocenters. The fourth-order valence-corrected chi connectivity index (χ4v) is 2.79. The van der Waals surface area contributed by atoms with E-state index in [1.54, 1.807) is 12.1 Å². The number of carboxylic acids is 1. The molecule has 0 fully saturated rings. The molecule has 0 aliphatic heterocycles. The van der Waals surface area contributed by atoms with E-state index in [4.69, 9.17) is 4.74 Å². The first-order valence-corrected chi connectivity index (χ1v) is 7.62. The Bertz CT molecular complexity index is 587. The van der Waals surface area contributed by atoms with Gasteiger partial charge in [-0.15, -0.1) is 0 Å². The lowest BCUT2D eigenvalue weighted by atomic mass is 9.85. The Kier molecular flexibility index (Phi) is 4.74. The number of benzene rings is 1. The number of fused-ring (bicyclic) bond motifs is 1. The van der Waals surface area contributed by atoms with Crippen molar-refractivity contribution in [1.82, 2.24) is 5.32 Å². The van der Waals surface area contributed by atoms with Gasteiger partial charge in [0.15, 0.2) is 0 Å². The number of alkyl carbamates (subject to hydrolysis) is 1. The fourth-order valence-electron chi connectivity index (χ4n) is 2.79. The van der Waals surface area contributed by atoms with E-state index in [0.29, 0.717) is 12.1 Å². The van der Waals surface area contributed by atoms with Gasteiger partial charge in [0.1, 0.15) is 5.60 Å². The van der Waals surface area contributed by atoms with Crippen LogP contribution in [0.4, 0.5) is 4.79 Å². The fraction of sp³-hybridized carbons (Fsp3) is 0.529. The summed E-state index contributed by atoms with van der Waals surface area (Å²) in [6.45, 7) is 5.81. The van der Waals surface area contributed by atoms with E-state index < -0.39 is 17.7 Å². The summed E-state index contributed by atoms with van der Waals surface area (Å²) in [5.74, 6) is -0.884. The average molecular weight is 305 g/mol. The Morgan fingerprint density at radius 3 is 2.41 bits per heavy atom. The average Bonchev–Trinajstić information content (AvgIpc) is 2.42. The van der Waals surface area contributed by atoms with E-state index in [0.717, 1.165) is 42.4 Å². The lowest BCUT2D eigenvalue weighted by molar-refractivity contribution is 0.0522. The molecule has 1 aromatic carbocycles. The standard InChI is InChI=1S/C17H23NO4/c1-17(2,3)22-16(21)18-10-11-8-9-14(15(19)20)13-7-5-4-6-12(11)13/h8-9H,4-7,10H2,1-3H3,(H,18,21)(H,19,20). The predicted octanol–water partition coefficient (Wildman–Crippen LogP) is 3.29. The zero-order valence-corrected chi connectivity index (χ0v) is 13.4. The van der Waals surface area contributed by atoms with E-state index in [9.17, 15) is 14.7 Å². The molecule has 2 rings (SSSR count). The normalized spacial score (nSPS) is 14.1. The first-order valence-electron chi connectivity index (χ1n) is 7.62. The molecule has 5 nitrogen and oxygen atoms in total. The van der Waals surface area contributed by atoms with Crippen LogP contribution in [0.3, 0.4) is 0 Å². The van der Waals surface area contributed by atoms with Gasteiger partial charge in [-0.2, -0.15) is 0 Å². The van der Waals surface area contributed by atoms with Crippen LogP contribution >= 0.6 is 0 Å². The Balaban J connectivity index is 2.15. The maximum atomic E-state index is 11.7. The van der Waals surface area contributed by atoms with Crippen LogP contribution in [0.2, 0.25) is 0 Å². The van der Waals surface area contributed by atoms with Crippen molar-refractivity contribution in [2.75, 3.05) is 0 Å². The Labute approximate surface area is 130 Å². The molecule has 0 saturated carbocycles. The SMILES string of the molecule is CC(C)(C)OC(=O)NCc1ccc(C(=O)O)c2c1CCCC2. The largest absolute Gasteiger partial charge is 0.478 e. The second-order valence-corrected chi connectivity index (χ2v) is 6.60. The van der Waals surface area contributed by atoms with Crippen molar-refractivity contribution in [3.63, 3.8) is 0 Å². The van der Waals surface area contributed by atoms with Crippen molar-refractivity contribution in [2.45, 2.75) is 58.6 Å². The van der Waals surface area contributed by atoms with E-state index in [-0.39, 0.29) is 0 Å². The van der Waals surface area contributed by atoms with Gasteiger partial charge in [0.2, 0.25) is 0 Å². The van der Waals surface area contributed by atoms with E-state index >= 15 is 0 Å². The number of aromatic carboxylic acids is 1. The van der Waals surface area contributed by atoms with Crippen LogP contribution in [0, 0.1) is 0 Å². The van der Waals surface area contributed by atoms with Crippen molar-refractivity contribution < 1.29 is 19.4 Å². The monoisotopic (exact) mass is 305 g/mol. The molecule has 0 radical (unpaired) electrons. The number of ether oxygens (including phenoxy) is 1. The van der Waals surface area contributed by atoms with Crippen LogP contribution in [0.15, 0.2) is 12.1 Å². The molecule has 1 amide bonds. The Morgan fingerprint density at radius 1 is 1.18 bits per heavy atom. The third-order valence-corrected chi connectivity index (χ3v) is 3.68. The lowest BCUT2D eigenvalue weighted by Gasteiger charge is -2.23. The molecule has 1 aliphatic rings. The molecular weight excluding hydrogens is 282 g/mol. The van der Waals surface area contributed by atoms with Gasteiger partial charge in [0, 0.05) is 6.54 Å². The zero-order chi connectivity index (χ0) is 16.3. The highest BCUT2D eigenvalue weighted by molar-refractivity contribution is 5.90. The summed E-state index contributed by atoms with van der Waals surface area (Å²) in [7, 11) is 0. The van der Waals surface area contributed by atoms with Gasteiger partial charge in [-0.05, 0) is 69.2 Å². The summed E-state index contributed by atoms with van der Waals surface area (Å²) >= 11 is 0. The van der Waals surface area contributed by atoms with Crippen molar-refractivity contribution in [3.05, 3.63) is 34.4 Å². The molecule has 0 bridgehead atoms. The summed E-state index contributed by atoms with van der Waals surface area (Å²) in [6.07, 6.45) is 3.25. The van der Waals surface area contributed by atoms with Crippen molar-refractivity contribution in [1.29, 1.82) is 0 Å². The van der Waals surface area contributed by atoms with Crippen LogP contribution in [-0.4, -0.2) is 22.8 Å². The third-order valence-electron chi connectivity index (χ3n) is 3.68. The minimum Gasteiger partial charge on any atom is -0.478 e. The number of nitrogens with one attached hydrogen (secondary N) is 1. The molecule has 1 aromatic rings. The third kappa shape index (κ3) is 4.00. The lowest BCUT2D eigenvalue weighted by Crippen LogP contribution is -2.32. The van der Waals surface area contributed by atoms with Gasteiger partial charge in [-0.1, -0.05) is 6.07 Å². The van der Waals surface area contributed by atoms with Gasteiger partial charge >= 0.3 is 12.1 Å². The molecule has 2 N–H and O–H groups in total. The van der Waals surface area contributed by atoms with Crippen molar-refractivity contribution in [2.24, 2.45) is 0 Å². The van der Waals surface area contributed by atoms with Crippen LogP contribution in [0.25, 0.3) is 0 Å². The second kappa shape index (κ2) is 6.38. The second-order valence-electron chi connectivity index (χ2n) is 6.60. The van der Waals surface area contributed by atoms with E-state index in [1.165, 1.54) is 0 Å². The summed E-state index contributed by atoms with van der Waals surface area (Å²) in [6, 6.07) is 3.43. The van der Waals surface area contributed by atoms with Crippen LogP contribution in [0.5, 0.6) is 0 Å². The quantitative estimate of drug-likeness (QED) is 0.898. The molecule has 120 valence electrons. The molecule has 0 heterocycles. The molecule has 0 saturated heterocycles. The van der Waals surface area contributed by atoms with Crippen LogP contribution in [0.1, 0.15) is 60.7 Å². The molecule has 0 spiro atoms. The maximum Gasteiger partial charge on any atom is 0.407 e. The Hall–Kier alpha value is -2.04. The van der Waals surface area contributed by atoms with Crippen molar-refractivity contribution in [3.8, 4) is 0 Å². The number of carbonyl (C=O) groups is 2. The topological polar surface area (TPSA) is 75.6 Å². The van der Waals surface area contributed by atoms with Gasteiger partial charge in [-0.25, -0.2) is 9.59 Å². The number of amides is 1. The van der Waals surface area contributed by atoms with Crippen LogP contribution < -0.4 is 5.32 Å². The minimum atomic E-state index is -0.884. The van der Waals surface area contributed by atoms with Gasteiger partial charge in [-0.3, -0.25) is 0 Å². The number of hydrogen-bond acceptors (Lipinski definition) is 3. The number of rotatable bonds is 3. The van der Waals surface area contributed by atoms with Gasteiger partial charge in [0.05, 0.1) is 5.56 Å². The smallest absolute Gasteiger partial charge is 0.407 e. The highest BCUT2D eigenvalue weighted by Gasteiger charge is 2.21. The molecule has 1 aliphatic carbocycles. The predicted molar refractivity (Wildman–Crippen MR) is 83.1 cm³/mol. The van der Waals surface area contributed by atoms with Gasteiger partial charge in [0.25, 0.3) is 0 Å².